The highest BCUT2D eigenvalue weighted by Gasteiger charge is 2.36. The monoisotopic (exact) mass is 510 g/mol. The molecule has 3 amide bonds. The number of aromatic nitrogens is 1. The number of hydrogen-bond donors (Lipinski definition) is 1. The molecule has 0 atom stereocenters. The van der Waals surface area contributed by atoms with E-state index in [0.29, 0.717) is 16.3 Å². The van der Waals surface area contributed by atoms with Crippen LogP contribution in [0.2, 0.25) is 5.02 Å². The van der Waals surface area contributed by atoms with Crippen LogP contribution in [0, 0.1) is 24.0 Å². The Labute approximate surface area is 209 Å². The van der Waals surface area contributed by atoms with Crippen LogP contribution in [0.1, 0.15) is 17.0 Å². The minimum absolute atomic E-state index is 0.0105. The number of thioether (sulfide) groups is 1. The summed E-state index contributed by atoms with van der Waals surface area (Å²) in [4.78, 5) is 49.3. The van der Waals surface area contributed by atoms with Crippen molar-refractivity contribution < 1.29 is 19.3 Å². The Balaban J connectivity index is 1.53. The summed E-state index contributed by atoms with van der Waals surface area (Å²) in [5.74, 6) is -1.10. The van der Waals surface area contributed by atoms with Gasteiger partial charge in [-0.1, -0.05) is 23.7 Å². The average Bonchev–Trinajstić information content (AvgIpc) is 3.24. The summed E-state index contributed by atoms with van der Waals surface area (Å²) in [6, 6.07) is 14.7. The number of nitro benzene ring substituents is 1. The molecule has 1 N–H and O–H groups in total. The van der Waals surface area contributed by atoms with E-state index in [1.54, 1.807) is 42.5 Å². The third-order valence-corrected chi connectivity index (χ3v) is 6.64. The first-order valence-electron chi connectivity index (χ1n) is 10.4. The third-order valence-electron chi connectivity index (χ3n) is 5.40. The molecule has 2 heterocycles. The molecular weight excluding hydrogens is 492 g/mol. The molecule has 35 heavy (non-hydrogen) atoms. The van der Waals surface area contributed by atoms with Crippen molar-refractivity contribution in [3.8, 4) is 5.69 Å². The topological polar surface area (TPSA) is 115 Å². The number of non-ortho nitro benzene ring substituents is 1. The van der Waals surface area contributed by atoms with Crippen molar-refractivity contribution in [1.82, 2.24) is 9.47 Å². The Kier molecular flexibility index (Phi) is 6.77. The lowest BCUT2D eigenvalue weighted by Gasteiger charge is -2.13. The molecule has 1 aliphatic rings. The van der Waals surface area contributed by atoms with E-state index in [0.717, 1.165) is 33.7 Å². The SMILES string of the molecule is Cc1cc(/C=C2\SC(=O)N(CC(=O)Nc3ccccc3Cl)C2=O)c(C)n1-c1ccc([N+](=O)[O-])cc1. The fourth-order valence-electron chi connectivity index (χ4n) is 3.73. The second-order valence-corrected chi connectivity index (χ2v) is 9.13. The van der Waals surface area contributed by atoms with Gasteiger partial charge < -0.3 is 9.88 Å². The van der Waals surface area contributed by atoms with Crippen molar-refractivity contribution in [2.45, 2.75) is 13.8 Å². The van der Waals surface area contributed by atoms with Crippen LogP contribution in [0.3, 0.4) is 0 Å². The largest absolute Gasteiger partial charge is 0.323 e. The van der Waals surface area contributed by atoms with E-state index in [2.05, 4.69) is 5.32 Å². The number of nitrogens with one attached hydrogen (secondary N) is 1. The molecule has 4 rings (SSSR count). The summed E-state index contributed by atoms with van der Waals surface area (Å²) in [5.41, 5.74) is 3.46. The number of carbonyl (C=O) groups excluding carboxylic acids is 3. The molecule has 0 saturated carbocycles. The zero-order chi connectivity index (χ0) is 25.3. The van der Waals surface area contributed by atoms with Crippen molar-refractivity contribution in [2.24, 2.45) is 0 Å². The first kappa shape index (κ1) is 24.2. The number of aryl methyl sites for hydroxylation is 1. The fraction of sp³-hybridized carbons (Fsp3) is 0.125. The minimum Gasteiger partial charge on any atom is -0.323 e. The van der Waals surface area contributed by atoms with Crippen LogP contribution in [-0.4, -0.2) is 38.0 Å². The highest BCUT2D eigenvalue weighted by atomic mass is 35.5. The van der Waals surface area contributed by atoms with Gasteiger partial charge in [0.05, 0.1) is 20.5 Å². The minimum atomic E-state index is -0.561. The van der Waals surface area contributed by atoms with Gasteiger partial charge in [0.25, 0.3) is 16.8 Å². The summed E-state index contributed by atoms with van der Waals surface area (Å²) in [7, 11) is 0. The Morgan fingerprint density at radius 2 is 1.83 bits per heavy atom. The van der Waals surface area contributed by atoms with Gasteiger partial charge in [0.1, 0.15) is 6.54 Å². The lowest BCUT2D eigenvalue weighted by molar-refractivity contribution is -0.384. The second-order valence-electron chi connectivity index (χ2n) is 7.73. The van der Waals surface area contributed by atoms with Gasteiger partial charge in [-0.15, -0.1) is 0 Å². The van der Waals surface area contributed by atoms with Crippen molar-refractivity contribution in [3.05, 3.63) is 91.6 Å². The van der Waals surface area contributed by atoms with Gasteiger partial charge in [-0.3, -0.25) is 29.4 Å². The van der Waals surface area contributed by atoms with Crippen molar-refractivity contribution >= 4 is 57.9 Å². The van der Waals surface area contributed by atoms with Gasteiger partial charge in [0.2, 0.25) is 5.91 Å². The number of hydrogen-bond acceptors (Lipinski definition) is 6. The van der Waals surface area contributed by atoms with Gasteiger partial charge >= 0.3 is 0 Å². The van der Waals surface area contributed by atoms with Crippen molar-refractivity contribution in [1.29, 1.82) is 0 Å². The molecule has 0 unspecified atom stereocenters. The molecule has 1 aliphatic heterocycles. The Bertz CT molecular complexity index is 1400. The number of imide groups is 1. The number of halogens is 1. The molecule has 178 valence electrons. The number of benzene rings is 2. The fourth-order valence-corrected chi connectivity index (χ4v) is 4.74. The van der Waals surface area contributed by atoms with Crippen LogP contribution in [0.25, 0.3) is 11.8 Å². The number of nitrogens with zero attached hydrogens (tertiary/aromatic N) is 3. The first-order chi connectivity index (χ1) is 16.7. The van der Waals surface area contributed by atoms with Crippen LogP contribution < -0.4 is 5.32 Å². The smallest absolute Gasteiger partial charge is 0.294 e. The number of para-hydroxylation sites is 1. The van der Waals surface area contributed by atoms with E-state index < -0.39 is 28.5 Å². The quantitative estimate of drug-likeness (QED) is 0.272. The van der Waals surface area contributed by atoms with Crippen LogP contribution >= 0.6 is 23.4 Å². The van der Waals surface area contributed by atoms with Crippen LogP contribution in [0.5, 0.6) is 0 Å². The molecule has 9 nitrogen and oxygen atoms in total. The van der Waals surface area contributed by atoms with E-state index in [4.69, 9.17) is 11.6 Å². The summed E-state index contributed by atoms with van der Waals surface area (Å²) in [6.45, 7) is 3.28. The van der Waals surface area contributed by atoms with Gasteiger partial charge in [-0.2, -0.15) is 0 Å². The van der Waals surface area contributed by atoms with Gasteiger partial charge in [-0.05, 0) is 67.6 Å². The third kappa shape index (κ3) is 4.98. The predicted octanol–water partition coefficient (Wildman–Crippen LogP) is 5.33. The Morgan fingerprint density at radius 3 is 2.49 bits per heavy atom. The highest BCUT2D eigenvalue weighted by molar-refractivity contribution is 8.18. The Morgan fingerprint density at radius 1 is 1.14 bits per heavy atom. The van der Waals surface area contributed by atoms with E-state index in [-0.39, 0.29) is 10.6 Å². The number of rotatable bonds is 6. The van der Waals surface area contributed by atoms with Crippen LogP contribution in [-0.2, 0) is 9.59 Å². The number of amides is 3. The van der Waals surface area contributed by atoms with Gasteiger partial charge in [-0.25, -0.2) is 0 Å². The molecule has 1 fully saturated rings. The highest BCUT2D eigenvalue weighted by Crippen LogP contribution is 2.34. The van der Waals surface area contributed by atoms with Crippen molar-refractivity contribution in [3.63, 3.8) is 0 Å². The lowest BCUT2D eigenvalue weighted by Crippen LogP contribution is -2.36. The average molecular weight is 511 g/mol. The molecule has 0 radical (unpaired) electrons. The molecular formula is C24H19ClN4O5S. The normalized spacial score (nSPS) is 14.6. The molecule has 11 heteroatoms. The van der Waals surface area contributed by atoms with E-state index in [1.807, 2.05) is 24.5 Å². The number of nitro groups is 1. The Hall–Kier alpha value is -3.89. The molecule has 0 spiro atoms. The zero-order valence-electron chi connectivity index (χ0n) is 18.6. The molecule has 0 aliphatic carbocycles. The van der Waals surface area contributed by atoms with Gasteiger partial charge in [0, 0.05) is 29.2 Å². The molecule has 1 aromatic heterocycles. The summed E-state index contributed by atoms with van der Waals surface area (Å²) in [6.07, 6.45) is 1.61. The number of carbonyl (C=O) groups is 3. The lowest BCUT2D eigenvalue weighted by atomic mass is 10.2. The maximum Gasteiger partial charge on any atom is 0.294 e. The molecule has 1 saturated heterocycles. The first-order valence-corrected chi connectivity index (χ1v) is 11.6. The second kappa shape index (κ2) is 9.77. The maximum absolute atomic E-state index is 12.9. The van der Waals surface area contributed by atoms with E-state index >= 15 is 0 Å². The molecule has 3 aromatic rings. The van der Waals surface area contributed by atoms with Crippen LogP contribution in [0.15, 0.2) is 59.5 Å². The van der Waals surface area contributed by atoms with Crippen LogP contribution in [0.4, 0.5) is 16.2 Å². The summed E-state index contributed by atoms with van der Waals surface area (Å²) in [5, 5.41) is 13.3. The van der Waals surface area contributed by atoms with Crippen molar-refractivity contribution in [2.75, 3.05) is 11.9 Å². The van der Waals surface area contributed by atoms with E-state index in [1.165, 1.54) is 12.1 Å². The van der Waals surface area contributed by atoms with E-state index in [9.17, 15) is 24.5 Å². The molecule has 0 bridgehead atoms. The maximum atomic E-state index is 12.9. The summed E-state index contributed by atoms with van der Waals surface area (Å²) >= 11 is 6.80. The molecule has 2 aromatic carbocycles. The zero-order valence-corrected chi connectivity index (χ0v) is 20.2. The van der Waals surface area contributed by atoms with Gasteiger partial charge in [0.15, 0.2) is 0 Å². The summed E-state index contributed by atoms with van der Waals surface area (Å²) < 4.78 is 1.90. The number of anilines is 1. The predicted molar refractivity (Wildman–Crippen MR) is 135 cm³/mol. The standard InChI is InChI=1S/C24H19ClN4O5S/c1-14-11-16(15(2)28(14)17-7-9-18(10-8-17)29(33)34)12-21-23(31)27(24(32)35-21)13-22(30)26-20-6-4-3-5-19(20)25/h3-12H,13H2,1-2H3,(H,26,30)/b21-12-.